The van der Waals surface area contributed by atoms with Gasteiger partial charge < -0.3 is 15.2 Å². The molecule has 1 saturated carbocycles. The van der Waals surface area contributed by atoms with Gasteiger partial charge in [-0.1, -0.05) is 47.8 Å². The third-order valence-corrected chi connectivity index (χ3v) is 5.47. The maximum Gasteiger partial charge on any atom is 0.249 e. The number of aryl methyl sites for hydroxylation is 1. The highest BCUT2D eigenvalue weighted by Gasteiger charge is 2.40. The van der Waals surface area contributed by atoms with Crippen molar-refractivity contribution >= 4 is 18.3 Å². The molecule has 26 heavy (non-hydrogen) atoms. The highest BCUT2D eigenvalue weighted by Crippen LogP contribution is 2.37. The second-order valence-electron chi connectivity index (χ2n) is 7.38. The van der Waals surface area contributed by atoms with Gasteiger partial charge in [0, 0.05) is 13.0 Å². The summed E-state index contributed by atoms with van der Waals surface area (Å²) in [5.74, 6) is 1.24. The van der Waals surface area contributed by atoms with E-state index in [1.54, 1.807) is 0 Å². The van der Waals surface area contributed by atoms with Crippen LogP contribution in [-0.4, -0.2) is 20.9 Å². The van der Waals surface area contributed by atoms with Crippen molar-refractivity contribution in [2.24, 2.45) is 5.73 Å². The van der Waals surface area contributed by atoms with E-state index in [0.717, 1.165) is 31.2 Å². The second kappa shape index (κ2) is 7.37. The average molecular weight is 377 g/mol. The van der Waals surface area contributed by atoms with Gasteiger partial charge in [0.1, 0.15) is 6.04 Å². The molecule has 2 N–H and O–H groups in total. The molecule has 1 aliphatic carbocycles. The molecule has 0 radical (unpaired) electrons. The van der Waals surface area contributed by atoms with Crippen molar-refractivity contribution in [3.63, 3.8) is 0 Å². The van der Waals surface area contributed by atoms with Crippen LogP contribution in [0.3, 0.4) is 0 Å². The van der Waals surface area contributed by atoms with Gasteiger partial charge in [-0.2, -0.15) is 4.98 Å². The minimum atomic E-state index is -0.466. The molecule has 2 fully saturated rings. The van der Waals surface area contributed by atoms with E-state index in [9.17, 15) is 4.79 Å². The van der Waals surface area contributed by atoms with Gasteiger partial charge >= 0.3 is 0 Å². The lowest BCUT2D eigenvalue weighted by molar-refractivity contribution is -0.129. The molecule has 2 aromatic rings. The van der Waals surface area contributed by atoms with Crippen molar-refractivity contribution in [1.29, 1.82) is 0 Å². The molecule has 1 saturated heterocycles. The SMILES string of the molecule is Cc1ccc(CN2C(=O)CCC2c2nc(C3(N)CCCC3)no2)cc1.Cl. The lowest BCUT2D eigenvalue weighted by atomic mass is 9.98. The van der Waals surface area contributed by atoms with Gasteiger partial charge in [-0.25, -0.2) is 0 Å². The molecule has 0 bridgehead atoms. The minimum absolute atomic E-state index is 0. The summed E-state index contributed by atoms with van der Waals surface area (Å²) in [4.78, 5) is 18.8. The fraction of sp³-hybridized carbons (Fsp3) is 0.526. The van der Waals surface area contributed by atoms with Gasteiger partial charge in [-0.05, 0) is 31.7 Å². The molecule has 0 spiro atoms. The number of carbonyl (C=O) groups excluding carboxylic acids is 1. The first-order chi connectivity index (χ1) is 12.0. The molecule has 7 heteroatoms. The maximum atomic E-state index is 12.4. The van der Waals surface area contributed by atoms with Crippen molar-refractivity contribution in [2.75, 3.05) is 0 Å². The molecular weight excluding hydrogens is 352 g/mol. The molecule has 1 aromatic carbocycles. The number of benzene rings is 1. The Balaban J connectivity index is 0.00000196. The first kappa shape index (κ1) is 18.9. The van der Waals surface area contributed by atoms with Crippen molar-refractivity contribution < 1.29 is 9.32 Å². The highest BCUT2D eigenvalue weighted by atomic mass is 35.5. The average Bonchev–Trinajstić information content (AvgIpc) is 3.32. The summed E-state index contributed by atoms with van der Waals surface area (Å²) < 4.78 is 5.53. The lowest BCUT2D eigenvalue weighted by Crippen LogP contribution is -2.34. The Morgan fingerprint density at radius 2 is 1.96 bits per heavy atom. The van der Waals surface area contributed by atoms with Gasteiger partial charge in [0.25, 0.3) is 0 Å². The summed E-state index contributed by atoms with van der Waals surface area (Å²) in [7, 11) is 0. The fourth-order valence-corrected chi connectivity index (χ4v) is 3.88. The van der Waals surface area contributed by atoms with E-state index in [2.05, 4.69) is 41.3 Å². The Morgan fingerprint density at radius 3 is 2.65 bits per heavy atom. The number of hydrogen-bond acceptors (Lipinski definition) is 5. The molecule has 1 aromatic heterocycles. The molecule has 140 valence electrons. The lowest BCUT2D eigenvalue weighted by Gasteiger charge is -2.22. The van der Waals surface area contributed by atoms with Gasteiger partial charge in [0.05, 0.1) is 5.54 Å². The number of hydrogen-bond donors (Lipinski definition) is 1. The van der Waals surface area contributed by atoms with E-state index in [1.165, 1.54) is 5.56 Å². The summed E-state index contributed by atoms with van der Waals surface area (Å²) in [5.41, 5.74) is 8.28. The molecule has 1 amide bonds. The van der Waals surface area contributed by atoms with Crippen LogP contribution < -0.4 is 5.73 Å². The van der Waals surface area contributed by atoms with E-state index < -0.39 is 5.54 Å². The summed E-state index contributed by atoms with van der Waals surface area (Å²) in [6.07, 6.45) is 5.21. The van der Waals surface area contributed by atoms with Gasteiger partial charge in [-0.3, -0.25) is 4.79 Å². The van der Waals surface area contributed by atoms with Gasteiger partial charge in [0.2, 0.25) is 11.8 Å². The molecule has 1 aliphatic heterocycles. The van der Waals surface area contributed by atoms with E-state index in [4.69, 9.17) is 10.3 Å². The van der Waals surface area contributed by atoms with E-state index in [-0.39, 0.29) is 24.4 Å². The van der Waals surface area contributed by atoms with Gasteiger partial charge in [0.15, 0.2) is 5.82 Å². The van der Waals surface area contributed by atoms with Crippen LogP contribution in [0.5, 0.6) is 0 Å². The van der Waals surface area contributed by atoms with E-state index in [0.29, 0.717) is 31.1 Å². The molecule has 4 rings (SSSR count). The van der Waals surface area contributed by atoms with Crippen LogP contribution in [0.2, 0.25) is 0 Å². The van der Waals surface area contributed by atoms with E-state index in [1.807, 2.05) is 4.90 Å². The summed E-state index contributed by atoms with van der Waals surface area (Å²) >= 11 is 0. The Bertz CT molecular complexity index is 768. The van der Waals surface area contributed by atoms with E-state index >= 15 is 0 Å². The zero-order valence-corrected chi connectivity index (χ0v) is 15.8. The van der Waals surface area contributed by atoms with Gasteiger partial charge in [-0.15, -0.1) is 12.4 Å². The highest BCUT2D eigenvalue weighted by molar-refractivity contribution is 5.85. The third-order valence-electron chi connectivity index (χ3n) is 5.47. The quantitative estimate of drug-likeness (QED) is 0.883. The fourth-order valence-electron chi connectivity index (χ4n) is 3.88. The molecule has 1 atom stereocenters. The molecule has 2 heterocycles. The summed E-state index contributed by atoms with van der Waals surface area (Å²) in [6.45, 7) is 2.62. The number of aromatic nitrogens is 2. The molecular formula is C19H25ClN4O2. The van der Waals surface area contributed by atoms with Crippen LogP contribution in [0.1, 0.15) is 67.4 Å². The number of amides is 1. The predicted molar refractivity (Wildman–Crippen MR) is 99.6 cm³/mol. The smallest absolute Gasteiger partial charge is 0.249 e. The normalized spacial score (nSPS) is 21.8. The Hall–Kier alpha value is -1.92. The largest absolute Gasteiger partial charge is 0.337 e. The number of rotatable bonds is 4. The van der Waals surface area contributed by atoms with Crippen molar-refractivity contribution in [1.82, 2.24) is 15.0 Å². The topological polar surface area (TPSA) is 85.2 Å². The minimum Gasteiger partial charge on any atom is -0.337 e. The van der Waals surface area contributed by atoms with Crippen molar-refractivity contribution in [2.45, 2.75) is 63.6 Å². The molecule has 2 aliphatic rings. The summed E-state index contributed by atoms with van der Waals surface area (Å²) in [6, 6.07) is 8.09. The number of nitrogens with two attached hydrogens (primary N) is 1. The van der Waals surface area contributed by atoms with Crippen LogP contribution in [0.4, 0.5) is 0 Å². The van der Waals surface area contributed by atoms with Crippen molar-refractivity contribution in [3.8, 4) is 0 Å². The standard InChI is InChI=1S/C19H24N4O2.ClH/c1-13-4-6-14(7-5-13)12-23-15(8-9-16(23)24)17-21-18(22-25-17)19(20)10-2-3-11-19;/h4-7,15H,2-3,8-12,20H2,1H3;1H. The zero-order chi connectivity index (χ0) is 17.4. The van der Waals surface area contributed by atoms with Crippen molar-refractivity contribution in [3.05, 3.63) is 47.1 Å². The molecule has 6 nitrogen and oxygen atoms in total. The summed E-state index contributed by atoms with van der Waals surface area (Å²) in [5, 5.41) is 4.14. The number of likely N-dealkylation sites (tertiary alicyclic amines) is 1. The van der Waals surface area contributed by atoms with Crippen LogP contribution in [0, 0.1) is 6.92 Å². The Kier molecular flexibility index (Phi) is 5.34. The predicted octanol–water partition coefficient (Wildman–Crippen LogP) is 3.39. The van der Waals surface area contributed by atoms with Crippen LogP contribution in [0.25, 0.3) is 0 Å². The number of nitrogens with zero attached hydrogens (tertiary/aromatic N) is 3. The number of halogens is 1. The second-order valence-corrected chi connectivity index (χ2v) is 7.38. The maximum absolute atomic E-state index is 12.4. The number of carbonyl (C=O) groups is 1. The molecule has 1 unspecified atom stereocenters. The Labute approximate surface area is 159 Å². The Morgan fingerprint density at radius 1 is 1.27 bits per heavy atom. The monoisotopic (exact) mass is 376 g/mol. The van der Waals surface area contributed by atoms with Crippen LogP contribution >= 0.6 is 12.4 Å². The third kappa shape index (κ3) is 3.48. The zero-order valence-electron chi connectivity index (χ0n) is 15.0. The van der Waals surface area contributed by atoms with Crippen LogP contribution in [0.15, 0.2) is 28.8 Å². The van der Waals surface area contributed by atoms with Crippen LogP contribution in [-0.2, 0) is 16.9 Å². The first-order valence-electron chi connectivity index (χ1n) is 9.03. The first-order valence-corrected chi connectivity index (χ1v) is 9.03.